The number of sulfone groups is 1. The number of nitrogens with one attached hydrogen (secondary N) is 1. The Hall–Kier alpha value is -0.880. The number of hydrogen-bond acceptors (Lipinski definition) is 4. The lowest BCUT2D eigenvalue weighted by molar-refractivity contribution is 0.596. The van der Waals surface area contributed by atoms with Gasteiger partial charge in [-0.15, -0.1) is 0 Å². The normalized spacial score (nSPS) is 11.8. The molecule has 0 fully saturated rings. The van der Waals surface area contributed by atoms with E-state index in [1.165, 1.54) is 6.20 Å². The van der Waals surface area contributed by atoms with Crippen LogP contribution in [0.5, 0.6) is 0 Å². The first-order valence-electron chi connectivity index (χ1n) is 2.98. The third kappa shape index (κ3) is 1.58. The molecule has 1 aromatic rings. The molecule has 11 heavy (non-hydrogen) atoms. The summed E-state index contributed by atoms with van der Waals surface area (Å²) in [4.78, 5) is 0. The second-order valence-electron chi connectivity index (χ2n) is 2.20. The Morgan fingerprint density at radius 2 is 2.36 bits per heavy atom. The van der Waals surface area contributed by atoms with Crippen molar-refractivity contribution in [2.45, 2.75) is 11.6 Å². The largest absolute Gasteiger partial charge is 0.326 e. The second-order valence-corrected chi connectivity index (χ2v) is 4.15. The summed E-state index contributed by atoms with van der Waals surface area (Å²) in [7, 11) is -3.20. The highest BCUT2D eigenvalue weighted by atomic mass is 32.2. The highest BCUT2D eigenvalue weighted by Gasteiger charge is 2.13. The Bertz CT molecular complexity index is 340. The lowest BCUT2D eigenvalue weighted by Gasteiger charge is -1.94. The van der Waals surface area contributed by atoms with E-state index in [4.69, 9.17) is 5.73 Å². The van der Waals surface area contributed by atoms with Gasteiger partial charge in [-0.1, -0.05) is 0 Å². The van der Waals surface area contributed by atoms with Gasteiger partial charge in [0.25, 0.3) is 0 Å². The van der Waals surface area contributed by atoms with Crippen LogP contribution in [0.4, 0.5) is 0 Å². The number of nitrogens with zero attached hydrogens (tertiary/aromatic N) is 1. The quantitative estimate of drug-likeness (QED) is 0.620. The summed E-state index contributed by atoms with van der Waals surface area (Å²) < 4.78 is 21.9. The van der Waals surface area contributed by atoms with Gasteiger partial charge < -0.3 is 5.73 Å². The maximum Gasteiger partial charge on any atom is 0.192 e. The summed E-state index contributed by atoms with van der Waals surface area (Å²) in [5.41, 5.74) is 5.79. The highest BCUT2D eigenvalue weighted by Crippen LogP contribution is 2.09. The van der Waals surface area contributed by atoms with Gasteiger partial charge in [-0.05, 0) is 0 Å². The first kappa shape index (κ1) is 8.22. The SMILES string of the molecule is CS(=O)(=O)c1[nH]ncc1CN. The van der Waals surface area contributed by atoms with Gasteiger partial charge in [0.05, 0.1) is 6.20 Å². The molecule has 0 spiro atoms. The molecule has 0 amide bonds. The predicted octanol–water partition coefficient (Wildman–Crippen LogP) is -0.728. The molecule has 1 aromatic heterocycles. The average molecular weight is 175 g/mol. The number of rotatable bonds is 2. The summed E-state index contributed by atoms with van der Waals surface area (Å²) in [5.74, 6) is 0. The Morgan fingerprint density at radius 1 is 1.73 bits per heavy atom. The van der Waals surface area contributed by atoms with Crippen LogP contribution in [0.25, 0.3) is 0 Å². The fourth-order valence-electron chi connectivity index (χ4n) is 0.766. The third-order valence-electron chi connectivity index (χ3n) is 1.27. The standard InChI is InChI=1S/C5H9N3O2S/c1-11(9,10)5-4(2-6)3-7-8-5/h3H,2,6H2,1H3,(H,7,8). The molecule has 0 atom stereocenters. The predicted molar refractivity (Wildman–Crippen MR) is 39.6 cm³/mol. The Labute approximate surface area is 64.5 Å². The van der Waals surface area contributed by atoms with Gasteiger partial charge in [-0.3, -0.25) is 5.10 Å². The molecule has 1 rings (SSSR count). The minimum Gasteiger partial charge on any atom is -0.326 e. The number of aromatic nitrogens is 2. The lowest BCUT2D eigenvalue weighted by atomic mass is 10.4. The van der Waals surface area contributed by atoms with E-state index in [1.54, 1.807) is 0 Å². The Balaban J connectivity index is 3.24. The number of aromatic amines is 1. The maximum absolute atomic E-state index is 10.9. The molecule has 0 bridgehead atoms. The first-order valence-corrected chi connectivity index (χ1v) is 4.87. The molecule has 0 aliphatic rings. The number of H-pyrrole nitrogens is 1. The van der Waals surface area contributed by atoms with Crippen molar-refractivity contribution in [2.75, 3.05) is 6.26 Å². The molecule has 0 unspecified atom stereocenters. The van der Waals surface area contributed by atoms with Gasteiger partial charge in [-0.25, -0.2) is 8.42 Å². The lowest BCUT2D eigenvalue weighted by Crippen LogP contribution is -2.04. The van der Waals surface area contributed by atoms with E-state index in [0.29, 0.717) is 5.56 Å². The molecule has 5 nitrogen and oxygen atoms in total. The molecule has 0 aliphatic heterocycles. The smallest absolute Gasteiger partial charge is 0.192 e. The molecule has 0 radical (unpaired) electrons. The molecule has 6 heteroatoms. The molecule has 0 saturated carbocycles. The average Bonchev–Trinajstić information content (AvgIpc) is 2.31. The van der Waals surface area contributed by atoms with Gasteiger partial charge in [0.1, 0.15) is 0 Å². The van der Waals surface area contributed by atoms with Crippen LogP contribution in [0.2, 0.25) is 0 Å². The van der Waals surface area contributed by atoms with E-state index >= 15 is 0 Å². The van der Waals surface area contributed by atoms with E-state index in [9.17, 15) is 8.42 Å². The summed E-state index contributed by atoms with van der Waals surface area (Å²) >= 11 is 0. The van der Waals surface area contributed by atoms with Crippen LogP contribution in [0.1, 0.15) is 5.56 Å². The van der Waals surface area contributed by atoms with E-state index in [1.807, 2.05) is 0 Å². The van der Waals surface area contributed by atoms with E-state index in [2.05, 4.69) is 10.2 Å². The van der Waals surface area contributed by atoms with Crippen LogP contribution in [-0.4, -0.2) is 24.9 Å². The van der Waals surface area contributed by atoms with Gasteiger partial charge in [0.15, 0.2) is 14.9 Å². The molecule has 0 saturated heterocycles. The molecule has 3 N–H and O–H groups in total. The maximum atomic E-state index is 10.9. The van der Waals surface area contributed by atoms with Crippen molar-refractivity contribution < 1.29 is 8.42 Å². The van der Waals surface area contributed by atoms with Crippen LogP contribution in [0.3, 0.4) is 0 Å². The van der Waals surface area contributed by atoms with Gasteiger partial charge >= 0.3 is 0 Å². The van der Waals surface area contributed by atoms with Gasteiger partial charge in [-0.2, -0.15) is 5.10 Å². The molecule has 1 heterocycles. The van der Waals surface area contributed by atoms with E-state index in [-0.39, 0.29) is 11.6 Å². The fourth-order valence-corrected chi connectivity index (χ4v) is 1.60. The van der Waals surface area contributed by atoms with Crippen molar-refractivity contribution in [1.29, 1.82) is 0 Å². The van der Waals surface area contributed by atoms with Crippen LogP contribution in [0, 0.1) is 0 Å². The summed E-state index contributed by atoms with van der Waals surface area (Å²) in [6, 6.07) is 0. The number of nitrogens with two attached hydrogens (primary N) is 1. The molecular weight excluding hydrogens is 166 g/mol. The van der Waals surface area contributed by atoms with Crippen molar-refractivity contribution in [2.24, 2.45) is 5.73 Å². The number of hydrogen-bond donors (Lipinski definition) is 2. The topological polar surface area (TPSA) is 88.8 Å². The van der Waals surface area contributed by atoms with Crippen molar-refractivity contribution in [3.05, 3.63) is 11.8 Å². The van der Waals surface area contributed by atoms with Crippen LogP contribution >= 0.6 is 0 Å². The van der Waals surface area contributed by atoms with Crippen LogP contribution in [0.15, 0.2) is 11.2 Å². The van der Waals surface area contributed by atoms with Crippen molar-refractivity contribution in [3.8, 4) is 0 Å². The summed E-state index contributed by atoms with van der Waals surface area (Å²) in [5, 5.41) is 6.07. The molecule has 62 valence electrons. The second kappa shape index (κ2) is 2.63. The van der Waals surface area contributed by atoms with Crippen LogP contribution < -0.4 is 5.73 Å². The molecule has 0 aromatic carbocycles. The van der Waals surface area contributed by atoms with E-state index < -0.39 is 9.84 Å². The van der Waals surface area contributed by atoms with Crippen LogP contribution in [-0.2, 0) is 16.4 Å². The zero-order valence-corrected chi connectivity index (χ0v) is 6.85. The minimum atomic E-state index is -3.20. The summed E-state index contributed by atoms with van der Waals surface area (Å²) in [6.07, 6.45) is 2.52. The zero-order chi connectivity index (χ0) is 8.48. The van der Waals surface area contributed by atoms with Crippen molar-refractivity contribution >= 4 is 9.84 Å². The van der Waals surface area contributed by atoms with E-state index in [0.717, 1.165) is 6.26 Å². The first-order chi connectivity index (χ1) is 5.05. The Morgan fingerprint density at radius 3 is 2.73 bits per heavy atom. The minimum absolute atomic E-state index is 0.111. The van der Waals surface area contributed by atoms with Gasteiger partial charge in [0.2, 0.25) is 0 Å². The molecule has 0 aliphatic carbocycles. The summed E-state index contributed by atoms with van der Waals surface area (Å²) in [6.45, 7) is 0.179. The Kier molecular flexibility index (Phi) is 1.97. The highest BCUT2D eigenvalue weighted by molar-refractivity contribution is 7.90. The van der Waals surface area contributed by atoms with Crippen molar-refractivity contribution in [1.82, 2.24) is 10.2 Å². The van der Waals surface area contributed by atoms with Gasteiger partial charge in [0, 0.05) is 18.4 Å². The molecular formula is C5H9N3O2S. The monoisotopic (exact) mass is 175 g/mol. The fraction of sp³-hybridized carbons (Fsp3) is 0.400. The third-order valence-corrected chi connectivity index (χ3v) is 2.36. The zero-order valence-electron chi connectivity index (χ0n) is 6.03. The van der Waals surface area contributed by atoms with Crippen molar-refractivity contribution in [3.63, 3.8) is 0 Å².